The molecule has 7 heteroatoms. The predicted octanol–water partition coefficient (Wildman–Crippen LogP) is 3.21. The van der Waals surface area contributed by atoms with Gasteiger partial charge in [-0.25, -0.2) is 13.1 Å². The zero-order chi connectivity index (χ0) is 19.9. The summed E-state index contributed by atoms with van der Waals surface area (Å²) in [6.07, 6.45) is 3.36. The van der Waals surface area contributed by atoms with Crippen molar-refractivity contribution in [3.63, 3.8) is 0 Å². The average molecular weight is 398 g/mol. The van der Waals surface area contributed by atoms with Gasteiger partial charge in [-0.2, -0.15) is 0 Å². The van der Waals surface area contributed by atoms with E-state index in [2.05, 4.69) is 53.1 Å². The Morgan fingerprint density at radius 1 is 1.11 bits per heavy atom. The fraction of sp³-hybridized carbons (Fsp3) is 0.700. The van der Waals surface area contributed by atoms with Crippen molar-refractivity contribution >= 4 is 21.4 Å². The van der Waals surface area contributed by atoms with Crippen LogP contribution in [0.1, 0.15) is 47.0 Å². The Kier molecular flexibility index (Phi) is 8.38. The van der Waals surface area contributed by atoms with Gasteiger partial charge in [-0.1, -0.05) is 12.5 Å². The number of anilines is 2. The molecule has 2 N–H and O–H groups in total. The minimum Gasteiger partial charge on any atom is -0.385 e. The smallest absolute Gasteiger partial charge is 0.213 e. The van der Waals surface area contributed by atoms with E-state index in [0.717, 1.165) is 44.6 Å². The third-order valence-electron chi connectivity index (χ3n) is 4.74. The van der Waals surface area contributed by atoms with Gasteiger partial charge in [0, 0.05) is 37.6 Å². The molecule has 154 valence electrons. The van der Waals surface area contributed by atoms with Crippen LogP contribution in [0.5, 0.6) is 0 Å². The molecule has 0 radical (unpaired) electrons. The molecule has 0 saturated carbocycles. The standard InChI is InChI=1S/C20H35N3O3S/c1-16(2)27(24,25)22-12-7-5-6-11-21-19-9-8-10-20(13-19)23-14-17(3)26-18(4)15-23/h8-10,13,16-18,21-22H,5-7,11-12,14-15H2,1-4H3. The van der Waals surface area contributed by atoms with Crippen molar-refractivity contribution < 1.29 is 13.2 Å². The second-order valence-corrected chi connectivity index (χ2v) is 10.0. The maximum absolute atomic E-state index is 11.7. The highest BCUT2D eigenvalue weighted by atomic mass is 32.2. The van der Waals surface area contributed by atoms with E-state index >= 15 is 0 Å². The number of rotatable bonds is 10. The minimum atomic E-state index is -3.14. The lowest BCUT2D eigenvalue weighted by molar-refractivity contribution is -0.00521. The molecule has 1 aliphatic heterocycles. The van der Waals surface area contributed by atoms with Crippen LogP contribution < -0.4 is 14.9 Å². The van der Waals surface area contributed by atoms with Gasteiger partial charge in [0.1, 0.15) is 0 Å². The van der Waals surface area contributed by atoms with Crippen LogP contribution in [-0.4, -0.2) is 52.1 Å². The molecular weight excluding hydrogens is 362 g/mol. The molecule has 6 nitrogen and oxygen atoms in total. The van der Waals surface area contributed by atoms with Crippen LogP contribution >= 0.6 is 0 Å². The SMILES string of the molecule is CC1CN(c2cccc(NCCCCCNS(=O)(=O)C(C)C)c2)CC(C)O1. The summed E-state index contributed by atoms with van der Waals surface area (Å²) in [5.41, 5.74) is 2.35. The Labute approximate surface area is 164 Å². The van der Waals surface area contributed by atoms with Crippen LogP contribution in [0.4, 0.5) is 11.4 Å². The molecule has 27 heavy (non-hydrogen) atoms. The zero-order valence-electron chi connectivity index (χ0n) is 17.1. The van der Waals surface area contributed by atoms with Gasteiger partial charge in [0.25, 0.3) is 0 Å². The predicted molar refractivity (Wildman–Crippen MR) is 113 cm³/mol. The molecule has 2 rings (SSSR count). The van der Waals surface area contributed by atoms with Crippen molar-refractivity contribution in [2.75, 3.05) is 36.4 Å². The quantitative estimate of drug-likeness (QED) is 0.593. The molecule has 1 aromatic rings. The third kappa shape index (κ3) is 7.31. The molecule has 1 aliphatic rings. The first-order valence-electron chi connectivity index (χ1n) is 10.0. The molecule has 0 aliphatic carbocycles. The molecular formula is C20H35N3O3S. The van der Waals surface area contributed by atoms with Crippen molar-refractivity contribution in [1.29, 1.82) is 0 Å². The summed E-state index contributed by atoms with van der Waals surface area (Å²) >= 11 is 0. The summed E-state index contributed by atoms with van der Waals surface area (Å²) in [5.74, 6) is 0. The number of nitrogens with zero attached hydrogens (tertiary/aromatic N) is 1. The molecule has 1 heterocycles. The van der Waals surface area contributed by atoms with Gasteiger partial charge in [0.05, 0.1) is 17.5 Å². The lowest BCUT2D eigenvalue weighted by Gasteiger charge is -2.37. The van der Waals surface area contributed by atoms with E-state index in [9.17, 15) is 8.42 Å². The van der Waals surface area contributed by atoms with E-state index in [1.54, 1.807) is 13.8 Å². The lowest BCUT2D eigenvalue weighted by Crippen LogP contribution is -2.45. The normalized spacial score (nSPS) is 20.9. The topological polar surface area (TPSA) is 70.7 Å². The first-order valence-corrected chi connectivity index (χ1v) is 11.6. The Bertz CT molecular complexity index is 669. The van der Waals surface area contributed by atoms with Gasteiger partial charge in [-0.05, 0) is 58.7 Å². The van der Waals surface area contributed by atoms with Crippen LogP contribution in [0, 0.1) is 0 Å². The Hall–Kier alpha value is -1.31. The van der Waals surface area contributed by atoms with Crippen LogP contribution in [0.25, 0.3) is 0 Å². The van der Waals surface area contributed by atoms with Crippen molar-refractivity contribution in [1.82, 2.24) is 4.72 Å². The van der Waals surface area contributed by atoms with E-state index in [1.165, 1.54) is 5.69 Å². The fourth-order valence-corrected chi connectivity index (χ4v) is 4.00. The van der Waals surface area contributed by atoms with E-state index < -0.39 is 10.0 Å². The molecule has 0 aromatic heterocycles. The highest BCUT2D eigenvalue weighted by Crippen LogP contribution is 2.23. The van der Waals surface area contributed by atoms with E-state index in [0.29, 0.717) is 6.54 Å². The third-order valence-corrected chi connectivity index (χ3v) is 6.59. The first kappa shape index (κ1) is 22.0. The van der Waals surface area contributed by atoms with Gasteiger partial charge in [0.15, 0.2) is 0 Å². The maximum atomic E-state index is 11.7. The summed E-state index contributed by atoms with van der Waals surface area (Å²) in [6.45, 7) is 10.9. The van der Waals surface area contributed by atoms with E-state index in [4.69, 9.17) is 4.74 Å². The van der Waals surface area contributed by atoms with Crippen LogP contribution in [-0.2, 0) is 14.8 Å². The van der Waals surface area contributed by atoms with Gasteiger partial charge >= 0.3 is 0 Å². The Morgan fingerprint density at radius 2 is 1.78 bits per heavy atom. The van der Waals surface area contributed by atoms with Crippen molar-refractivity contribution in [2.24, 2.45) is 0 Å². The molecule has 1 saturated heterocycles. The number of ether oxygens (including phenoxy) is 1. The van der Waals surface area contributed by atoms with Crippen LogP contribution in [0.2, 0.25) is 0 Å². The summed E-state index contributed by atoms with van der Waals surface area (Å²) in [5, 5.41) is 3.10. The second kappa shape index (κ2) is 10.3. The van der Waals surface area contributed by atoms with Gasteiger partial charge in [0.2, 0.25) is 10.0 Å². The van der Waals surface area contributed by atoms with Crippen molar-refractivity contribution in [2.45, 2.75) is 64.4 Å². The highest BCUT2D eigenvalue weighted by molar-refractivity contribution is 7.90. The van der Waals surface area contributed by atoms with Gasteiger partial charge < -0.3 is 15.0 Å². The Balaban J connectivity index is 1.69. The number of nitrogens with one attached hydrogen (secondary N) is 2. The highest BCUT2D eigenvalue weighted by Gasteiger charge is 2.22. The number of morpholine rings is 1. The van der Waals surface area contributed by atoms with Crippen molar-refractivity contribution in [3.8, 4) is 0 Å². The number of hydrogen-bond donors (Lipinski definition) is 2. The Morgan fingerprint density at radius 3 is 2.44 bits per heavy atom. The van der Waals surface area contributed by atoms with Crippen LogP contribution in [0.15, 0.2) is 24.3 Å². The van der Waals surface area contributed by atoms with E-state index in [1.807, 2.05) is 0 Å². The number of benzene rings is 1. The summed E-state index contributed by atoms with van der Waals surface area (Å²) in [7, 11) is -3.14. The average Bonchev–Trinajstić information content (AvgIpc) is 2.60. The summed E-state index contributed by atoms with van der Waals surface area (Å²) in [6, 6.07) is 8.52. The minimum absolute atomic E-state index is 0.249. The molecule has 1 fully saturated rings. The molecule has 2 atom stereocenters. The molecule has 2 unspecified atom stereocenters. The zero-order valence-corrected chi connectivity index (χ0v) is 17.9. The maximum Gasteiger partial charge on any atom is 0.213 e. The first-order chi connectivity index (χ1) is 12.8. The number of sulfonamides is 1. The van der Waals surface area contributed by atoms with Crippen molar-refractivity contribution in [3.05, 3.63) is 24.3 Å². The van der Waals surface area contributed by atoms with Gasteiger partial charge in [-0.3, -0.25) is 0 Å². The largest absolute Gasteiger partial charge is 0.385 e. The molecule has 0 amide bonds. The van der Waals surface area contributed by atoms with Crippen LogP contribution in [0.3, 0.4) is 0 Å². The second-order valence-electron chi connectivity index (χ2n) is 7.69. The summed E-state index contributed by atoms with van der Waals surface area (Å²) < 4.78 is 31.8. The monoisotopic (exact) mass is 397 g/mol. The fourth-order valence-electron chi connectivity index (χ4n) is 3.24. The summed E-state index contributed by atoms with van der Waals surface area (Å²) in [4.78, 5) is 2.38. The molecule has 1 aromatic carbocycles. The van der Waals surface area contributed by atoms with Gasteiger partial charge in [-0.15, -0.1) is 0 Å². The number of unbranched alkanes of at least 4 members (excludes halogenated alkanes) is 2. The molecule has 0 bridgehead atoms. The lowest BCUT2D eigenvalue weighted by atomic mass is 10.2. The molecule has 0 spiro atoms. The van der Waals surface area contributed by atoms with E-state index in [-0.39, 0.29) is 17.5 Å². The number of hydrogen-bond acceptors (Lipinski definition) is 5.